The predicted octanol–water partition coefficient (Wildman–Crippen LogP) is 3.53. The van der Waals surface area contributed by atoms with Crippen LogP contribution in [0.3, 0.4) is 0 Å². The van der Waals surface area contributed by atoms with E-state index in [1.807, 2.05) is 18.2 Å². The first kappa shape index (κ1) is 13.4. The van der Waals surface area contributed by atoms with E-state index in [1.54, 1.807) is 24.3 Å². The number of rotatable bonds is 3. The van der Waals surface area contributed by atoms with E-state index in [-0.39, 0.29) is 5.69 Å². The van der Waals surface area contributed by atoms with Crippen molar-refractivity contribution >= 4 is 28.4 Å². The smallest absolute Gasteiger partial charge is 0.269 e. The summed E-state index contributed by atoms with van der Waals surface area (Å²) in [6.45, 7) is 0. The lowest BCUT2D eigenvalue weighted by molar-refractivity contribution is -0.577. The highest BCUT2D eigenvalue weighted by atomic mass is 32.2. The molecule has 0 saturated carbocycles. The molecular formula is C15H10N2O3S. The minimum atomic E-state index is -0.424. The number of nitrogens with zero attached hydrogens (tertiary/aromatic N) is 2. The van der Waals surface area contributed by atoms with Gasteiger partial charge in [-0.2, -0.15) is 4.73 Å². The average molecular weight is 298 g/mol. The molecule has 3 aromatic rings. The molecule has 0 radical (unpaired) electrons. The minimum absolute atomic E-state index is 0.0645. The van der Waals surface area contributed by atoms with Gasteiger partial charge in [0, 0.05) is 34.1 Å². The van der Waals surface area contributed by atoms with Gasteiger partial charge < -0.3 is 5.21 Å². The Hall–Kier alpha value is -2.60. The second-order valence-electron chi connectivity index (χ2n) is 4.38. The van der Waals surface area contributed by atoms with Crippen molar-refractivity contribution in [2.24, 2.45) is 0 Å². The third kappa shape index (κ3) is 2.66. The summed E-state index contributed by atoms with van der Waals surface area (Å²) >= 11 is 1.47. The normalized spacial score (nSPS) is 10.7. The van der Waals surface area contributed by atoms with E-state index in [9.17, 15) is 15.3 Å². The maximum atomic E-state index is 11.7. The number of pyridine rings is 1. The van der Waals surface area contributed by atoms with Crippen molar-refractivity contribution in [3.8, 4) is 0 Å². The summed E-state index contributed by atoms with van der Waals surface area (Å²) in [6.07, 6.45) is 1.47. The van der Waals surface area contributed by atoms with E-state index >= 15 is 0 Å². The summed E-state index contributed by atoms with van der Waals surface area (Å²) < 4.78 is 0.829. The number of nitro groups is 1. The topological polar surface area (TPSA) is 70.1 Å². The Morgan fingerprint density at radius 2 is 1.71 bits per heavy atom. The number of hydrogen-bond donors (Lipinski definition) is 0. The predicted molar refractivity (Wildman–Crippen MR) is 80.1 cm³/mol. The van der Waals surface area contributed by atoms with Gasteiger partial charge in [-0.05, 0) is 18.2 Å². The fourth-order valence-electron chi connectivity index (χ4n) is 2.03. The van der Waals surface area contributed by atoms with Crippen molar-refractivity contribution < 1.29 is 9.65 Å². The van der Waals surface area contributed by atoms with Crippen molar-refractivity contribution in [1.82, 2.24) is 0 Å². The Kier molecular flexibility index (Phi) is 3.45. The van der Waals surface area contributed by atoms with Crippen LogP contribution in [-0.2, 0) is 0 Å². The van der Waals surface area contributed by atoms with Gasteiger partial charge in [-0.3, -0.25) is 10.1 Å². The lowest BCUT2D eigenvalue weighted by Crippen LogP contribution is -2.25. The first-order valence-corrected chi connectivity index (χ1v) is 7.00. The molecule has 3 rings (SSSR count). The molecule has 104 valence electrons. The Balaban J connectivity index is 1.98. The van der Waals surface area contributed by atoms with Gasteiger partial charge in [0.05, 0.1) is 10.3 Å². The van der Waals surface area contributed by atoms with E-state index < -0.39 is 4.92 Å². The van der Waals surface area contributed by atoms with Gasteiger partial charge in [0.1, 0.15) is 0 Å². The largest absolute Gasteiger partial charge is 0.618 e. The van der Waals surface area contributed by atoms with Crippen LogP contribution in [0.4, 0.5) is 5.69 Å². The molecule has 0 saturated heterocycles. The molecule has 0 bridgehead atoms. The van der Waals surface area contributed by atoms with Crippen molar-refractivity contribution in [3.05, 3.63) is 76.1 Å². The van der Waals surface area contributed by atoms with Crippen LogP contribution in [0.15, 0.2) is 70.6 Å². The maximum absolute atomic E-state index is 11.7. The quantitative estimate of drug-likeness (QED) is 0.321. The van der Waals surface area contributed by atoms with Crippen LogP contribution >= 0.6 is 11.8 Å². The first-order valence-electron chi connectivity index (χ1n) is 6.18. The van der Waals surface area contributed by atoms with Crippen LogP contribution < -0.4 is 4.73 Å². The number of hydrogen-bond acceptors (Lipinski definition) is 4. The van der Waals surface area contributed by atoms with E-state index in [2.05, 4.69) is 0 Å². The average Bonchev–Trinajstić information content (AvgIpc) is 2.51. The number of para-hydroxylation sites is 1. The first-order chi connectivity index (χ1) is 10.1. The van der Waals surface area contributed by atoms with Crippen LogP contribution in [-0.4, -0.2) is 4.92 Å². The second-order valence-corrected chi connectivity index (χ2v) is 5.49. The molecule has 0 fully saturated rings. The van der Waals surface area contributed by atoms with Crippen LogP contribution in [0.5, 0.6) is 0 Å². The van der Waals surface area contributed by atoms with Crippen LogP contribution in [0.25, 0.3) is 10.9 Å². The summed E-state index contributed by atoms with van der Waals surface area (Å²) in [5.41, 5.74) is 0.666. The van der Waals surface area contributed by atoms with Gasteiger partial charge >= 0.3 is 0 Å². The van der Waals surface area contributed by atoms with Gasteiger partial charge in [0.25, 0.3) is 5.69 Å². The molecule has 0 aliphatic rings. The van der Waals surface area contributed by atoms with E-state index in [1.165, 1.54) is 30.1 Å². The molecule has 0 unspecified atom stereocenters. The van der Waals surface area contributed by atoms with Crippen molar-refractivity contribution in [1.29, 1.82) is 0 Å². The van der Waals surface area contributed by atoms with E-state index in [4.69, 9.17) is 0 Å². The Morgan fingerprint density at radius 1 is 1.00 bits per heavy atom. The minimum Gasteiger partial charge on any atom is -0.618 e. The standard InChI is InChI=1S/C15H10N2O3S/c18-16-10-9-15(13-3-1-2-4-14(13)16)21-12-7-5-11(6-8-12)17(19)20/h1-10H. The fraction of sp³-hybridized carbons (Fsp3) is 0. The zero-order valence-corrected chi connectivity index (χ0v) is 11.6. The molecule has 6 heteroatoms. The lowest BCUT2D eigenvalue weighted by atomic mass is 10.2. The number of nitro benzene ring substituents is 1. The van der Waals surface area contributed by atoms with Gasteiger partial charge in [-0.25, -0.2) is 0 Å². The lowest BCUT2D eigenvalue weighted by Gasteiger charge is -2.06. The monoisotopic (exact) mass is 298 g/mol. The zero-order valence-electron chi connectivity index (χ0n) is 10.8. The number of fused-ring (bicyclic) bond motifs is 1. The van der Waals surface area contributed by atoms with Crippen molar-refractivity contribution in [2.45, 2.75) is 9.79 Å². The summed E-state index contributed by atoms with van der Waals surface area (Å²) in [7, 11) is 0. The molecule has 5 nitrogen and oxygen atoms in total. The highest BCUT2D eigenvalue weighted by Crippen LogP contribution is 2.32. The van der Waals surface area contributed by atoms with Crippen LogP contribution in [0.1, 0.15) is 0 Å². The van der Waals surface area contributed by atoms with Crippen LogP contribution in [0.2, 0.25) is 0 Å². The molecule has 0 amide bonds. The molecule has 2 aromatic carbocycles. The Labute approximate surface area is 124 Å². The molecule has 0 N–H and O–H groups in total. The third-order valence-electron chi connectivity index (χ3n) is 3.04. The highest BCUT2D eigenvalue weighted by Gasteiger charge is 2.10. The molecule has 0 spiro atoms. The summed E-state index contributed by atoms with van der Waals surface area (Å²) in [5, 5.41) is 23.2. The summed E-state index contributed by atoms with van der Waals surface area (Å²) in [5.74, 6) is 0. The van der Waals surface area contributed by atoms with Gasteiger partial charge in [-0.1, -0.05) is 23.9 Å². The van der Waals surface area contributed by atoms with Crippen LogP contribution in [0, 0.1) is 15.3 Å². The molecule has 0 aliphatic heterocycles. The van der Waals surface area contributed by atoms with Crippen molar-refractivity contribution in [3.63, 3.8) is 0 Å². The summed E-state index contributed by atoms with van der Waals surface area (Å²) in [4.78, 5) is 12.0. The van der Waals surface area contributed by atoms with Gasteiger partial charge in [0.15, 0.2) is 6.20 Å². The van der Waals surface area contributed by atoms with Crippen molar-refractivity contribution in [2.75, 3.05) is 0 Å². The van der Waals surface area contributed by atoms with E-state index in [0.717, 1.165) is 19.9 Å². The number of benzene rings is 2. The second kappa shape index (κ2) is 5.41. The molecular weight excluding hydrogens is 288 g/mol. The molecule has 1 heterocycles. The van der Waals surface area contributed by atoms with Gasteiger partial charge in [0.2, 0.25) is 5.52 Å². The van der Waals surface area contributed by atoms with Gasteiger partial charge in [-0.15, -0.1) is 0 Å². The number of non-ortho nitro benzene ring substituents is 1. The fourth-order valence-corrected chi connectivity index (χ4v) is 2.97. The number of aromatic nitrogens is 1. The zero-order chi connectivity index (χ0) is 14.8. The highest BCUT2D eigenvalue weighted by molar-refractivity contribution is 7.99. The molecule has 1 aromatic heterocycles. The van der Waals surface area contributed by atoms with E-state index in [0.29, 0.717) is 5.52 Å². The summed E-state index contributed by atoms with van der Waals surface area (Å²) in [6, 6.07) is 15.5. The molecule has 0 aliphatic carbocycles. The third-order valence-corrected chi connectivity index (χ3v) is 4.13. The Bertz CT molecular complexity index is 819. The Morgan fingerprint density at radius 3 is 2.43 bits per heavy atom. The molecule has 21 heavy (non-hydrogen) atoms. The maximum Gasteiger partial charge on any atom is 0.269 e. The SMILES string of the molecule is O=[N+]([O-])c1ccc(Sc2cc[n+]([O-])c3ccccc23)cc1. The molecule has 0 atom stereocenters.